The molecule has 20 aromatic rings. The lowest BCUT2D eigenvalue weighted by molar-refractivity contribution is 0.0987. The molecule has 0 bridgehead atoms. The maximum absolute atomic E-state index is 13.4. The molecule has 0 aliphatic carbocycles. The van der Waals surface area contributed by atoms with Gasteiger partial charge in [0.15, 0.2) is 0 Å². The number of rotatable bonds is 26. The molecule has 5 amide bonds. The number of pyridine rings is 10. The van der Waals surface area contributed by atoms with Crippen molar-refractivity contribution in [1.29, 1.82) is 0 Å². The second-order valence-electron chi connectivity index (χ2n) is 36.8. The SMILES string of the molecule is CC(Cc1cccnc1)c1ccc2c(-c3ccc(F)cc3)cc(C(N)=O)nc2c1.COc1ccc(-c2cc(C(N)=O)nc3cc(C(O)Cc4ccc(Cl)nc4)ccc23)cc1.Cc1ccc(CC(C)c2ccc3c(-c4ccc(F)cc4)cc(C(N)=O)nc3c2)cn1.Cc1ccc(CC(C)c2ccc3c(-c4ccc(F)cc4)cc(C(N)=O)nc3c2)cn1.Cc1ccc(CC(O)c2ccc3c(-c4ccc(F)cc4)cc(C(N)=O)nc3c2)cn1. The summed E-state index contributed by atoms with van der Waals surface area (Å²) >= 11 is 5.83. The molecule has 0 aliphatic rings. The van der Waals surface area contributed by atoms with E-state index in [1.807, 2.05) is 161 Å². The third-order valence-corrected chi connectivity index (χ3v) is 26.1. The molecule has 10 heterocycles. The fraction of sp³-hybridized carbons (Fsp3) is 0.139. The minimum absolute atomic E-state index is 0.108. The summed E-state index contributed by atoms with van der Waals surface area (Å²) in [7, 11) is 1.61. The van der Waals surface area contributed by atoms with Gasteiger partial charge in [-0.25, -0.2) is 47.5 Å². The van der Waals surface area contributed by atoms with Gasteiger partial charge < -0.3 is 43.6 Å². The zero-order valence-corrected chi connectivity index (χ0v) is 83.6. The number of primary amides is 5. The molecule has 5 unspecified atom stereocenters. The third kappa shape index (κ3) is 26.3. The molecule has 0 saturated heterocycles. The highest BCUT2D eigenvalue weighted by molar-refractivity contribution is 6.29. The first kappa shape index (κ1) is 105. The molecule has 0 saturated carbocycles. The molecule has 12 N–H and O–H groups in total. The fourth-order valence-electron chi connectivity index (χ4n) is 17.7. The summed E-state index contributed by atoms with van der Waals surface area (Å²) in [6.07, 6.45) is 12.6. The molecule has 10 aromatic heterocycles. The molecule has 20 rings (SSSR count). The lowest BCUT2D eigenvalue weighted by Crippen LogP contribution is -2.13. The quantitative estimate of drug-likeness (QED) is 0.0196. The van der Waals surface area contributed by atoms with Gasteiger partial charge in [0.2, 0.25) is 0 Å². The standard InChI is InChI=1S/2C25H22FN3O.C24H20ClN3O3.C24H20FN3O2.C24H20FN3O/c2*1-15(11-17-4-3-16(2)28-14-17)19-7-10-21-22(18-5-8-20(26)9-6-18)13-24(25(27)30)29-23(21)12-19;1-31-17-6-3-15(4-7-17)19-12-21(24(26)30)28-20-11-16(5-8-18(19)20)22(29)10-14-2-9-23(25)27-13-14;1-14-2-3-15(13-27-14)10-23(29)17-6-9-19-20(16-4-7-18(25)8-5-16)12-22(24(26)30)28-21(19)11-17;1-15(11-16-3-2-10-27-14-16)18-6-9-20-21(17-4-7-19(25)8-5-17)13-23(24(26)29)28-22(20)12-18/h2*3-10,12-15H,11H2,1-2H3,(H2,27,30);2-9,11-13,22,29H,10H2,1H3,(H2,26,30);2-9,11-13,23,29H,10H2,1H3,(H2,26,30);2-10,12-15H,11H2,1H3,(H2,26,29). The van der Waals surface area contributed by atoms with Gasteiger partial charge in [0.05, 0.1) is 46.9 Å². The number of ether oxygens (including phenoxy) is 1. The van der Waals surface area contributed by atoms with Crippen LogP contribution >= 0.6 is 11.6 Å². The predicted octanol–water partition coefficient (Wildman–Crippen LogP) is 23.7. The van der Waals surface area contributed by atoms with Gasteiger partial charge in [0, 0.05) is 94.0 Å². The summed E-state index contributed by atoms with van der Waals surface area (Å²) in [6.45, 7) is 12.3. The van der Waals surface area contributed by atoms with Crippen LogP contribution in [0.15, 0.2) is 340 Å². The summed E-state index contributed by atoms with van der Waals surface area (Å²) in [5, 5.41) is 26.1. The van der Waals surface area contributed by atoms with E-state index in [0.29, 0.717) is 56.7 Å². The van der Waals surface area contributed by atoms with Gasteiger partial charge >= 0.3 is 0 Å². The van der Waals surface area contributed by atoms with Crippen LogP contribution in [0.1, 0.15) is 176 Å². The monoisotopic (exact) mass is 2020 g/mol. The first-order chi connectivity index (χ1) is 72.2. The Balaban J connectivity index is 0.000000133. The topological polar surface area (TPSA) is 394 Å². The van der Waals surface area contributed by atoms with Gasteiger partial charge in [0.25, 0.3) is 29.5 Å². The van der Waals surface area contributed by atoms with Crippen molar-refractivity contribution in [2.75, 3.05) is 7.11 Å². The third-order valence-electron chi connectivity index (χ3n) is 25.8. The Bertz CT molecular complexity index is 7880. The number of benzene rings is 10. The van der Waals surface area contributed by atoms with Crippen LogP contribution in [0.4, 0.5) is 17.6 Å². The zero-order chi connectivity index (χ0) is 106. The van der Waals surface area contributed by atoms with E-state index in [-0.39, 0.29) is 69.5 Å². The van der Waals surface area contributed by atoms with E-state index in [9.17, 15) is 51.7 Å². The molecule has 750 valence electrons. The lowest BCUT2D eigenvalue weighted by atomic mass is 9.92. The molecule has 10 aromatic carbocycles. The minimum Gasteiger partial charge on any atom is -0.497 e. The van der Waals surface area contributed by atoms with Gasteiger partial charge in [-0.2, -0.15) is 0 Å². The Hall–Kier alpha value is -17.9. The van der Waals surface area contributed by atoms with Crippen molar-refractivity contribution in [1.82, 2.24) is 49.8 Å². The number of carbonyl (C=O) groups is 5. The molecule has 0 fully saturated rings. The van der Waals surface area contributed by atoms with Crippen LogP contribution in [-0.4, -0.2) is 96.7 Å². The highest BCUT2D eigenvalue weighted by atomic mass is 35.5. The average molecular weight is 2020 g/mol. The molecular formula is C122H104ClF4N15O8. The van der Waals surface area contributed by atoms with Gasteiger partial charge in [0.1, 0.15) is 62.6 Å². The number of aryl methyl sites for hydroxylation is 3. The second kappa shape index (κ2) is 47.5. The Labute approximate surface area is 867 Å². The highest BCUT2D eigenvalue weighted by Gasteiger charge is 2.24. The van der Waals surface area contributed by atoms with Gasteiger partial charge in [-0.3, -0.25) is 43.9 Å². The number of methoxy groups -OCH3 is 1. The molecule has 0 spiro atoms. The number of halogens is 5. The Morgan fingerprint density at radius 1 is 0.300 bits per heavy atom. The number of fused-ring (bicyclic) bond motifs is 5. The summed E-state index contributed by atoms with van der Waals surface area (Å²) in [5.74, 6) is -2.86. The van der Waals surface area contributed by atoms with E-state index < -0.39 is 41.7 Å². The molecule has 28 heteroatoms. The van der Waals surface area contributed by atoms with E-state index in [0.717, 1.165) is 158 Å². The Kier molecular flexibility index (Phi) is 33.2. The van der Waals surface area contributed by atoms with E-state index in [1.54, 1.807) is 123 Å². The summed E-state index contributed by atoms with van der Waals surface area (Å²) < 4.78 is 58.7. The van der Waals surface area contributed by atoms with Crippen molar-refractivity contribution < 1.29 is 56.5 Å². The maximum Gasteiger partial charge on any atom is 0.267 e. The number of amides is 5. The minimum atomic E-state index is -0.768. The van der Waals surface area contributed by atoms with Gasteiger partial charge in [-0.1, -0.05) is 184 Å². The number of aliphatic hydroxyl groups excluding tert-OH is 2. The van der Waals surface area contributed by atoms with Crippen molar-refractivity contribution in [3.8, 4) is 61.4 Å². The summed E-state index contributed by atoms with van der Waals surface area (Å²) in [4.78, 5) is 103. The van der Waals surface area contributed by atoms with E-state index >= 15 is 0 Å². The molecule has 5 atom stereocenters. The van der Waals surface area contributed by atoms with Crippen LogP contribution in [0.3, 0.4) is 0 Å². The van der Waals surface area contributed by atoms with Crippen LogP contribution in [0, 0.1) is 44.0 Å². The lowest BCUT2D eigenvalue weighted by Gasteiger charge is -2.15. The van der Waals surface area contributed by atoms with E-state index in [2.05, 4.69) is 107 Å². The van der Waals surface area contributed by atoms with Crippen molar-refractivity contribution in [3.05, 3.63) is 470 Å². The number of nitrogens with zero attached hydrogens (tertiary/aromatic N) is 10. The van der Waals surface area contributed by atoms with Crippen LogP contribution in [-0.2, 0) is 32.1 Å². The smallest absolute Gasteiger partial charge is 0.267 e. The molecule has 150 heavy (non-hydrogen) atoms. The Morgan fingerprint density at radius 3 is 0.787 bits per heavy atom. The number of nitrogens with two attached hydrogens (primary N) is 5. The van der Waals surface area contributed by atoms with Crippen LogP contribution < -0.4 is 33.4 Å². The molecule has 0 aliphatic heterocycles. The first-order valence-corrected chi connectivity index (χ1v) is 48.6. The number of carbonyl (C=O) groups excluding carboxylic acids is 5. The first-order valence-electron chi connectivity index (χ1n) is 48.2. The Morgan fingerprint density at radius 2 is 0.547 bits per heavy atom. The van der Waals surface area contributed by atoms with Crippen molar-refractivity contribution in [2.45, 2.75) is 104 Å². The molecule has 0 radical (unpaired) electrons. The summed E-state index contributed by atoms with van der Waals surface area (Å²) in [5.41, 5.74) is 52.4. The van der Waals surface area contributed by atoms with Crippen molar-refractivity contribution >= 4 is 95.7 Å². The number of aliphatic hydroxyl groups is 2. The normalized spacial score (nSPS) is 12.1. The largest absolute Gasteiger partial charge is 0.497 e. The van der Waals surface area contributed by atoms with Gasteiger partial charge in [-0.05, 0) is 321 Å². The average Bonchev–Trinajstić information content (AvgIpc) is 0.791. The number of hydrogen-bond acceptors (Lipinski definition) is 18. The van der Waals surface area contributed by atoms with Crippen molar-refractivity contribution in [2.24, 2.45) is 28.7 Å². The zero-order valence-electron chi connectivity index (χ0n) is 82.8. The fourth-order valence-corrected chi connectivity index (χ4v) is 17.8. The van der Waals surface area contributed by atoms with E-state index in [1.165, 1.54) is 59.7 Å². The molecule has 23 nitrogen and oxygen atoms in total. The van der Waals surface area contributed by atoms with E-state index in [4.69, 9.17) is 45.0 Å². The van der Waals surface area contributed by atoms with Gasteiger partial charge in [-0.15, -0.1) is 0 Å². The second-order valence-corrected chi connectivity index (χ2v) is 37.2. The van der Waals surface area contributed by atoms with Crippen molar-refractivity contribution in [3.63, 3.8) is 0 Å². The number of hydrogen-bond donors (Lipinski definition) is 7. The van der Waals surface area contributed by atoms with Crippen LogP contribution in [0.25, 0.3) is 110 Å². The maximum atomic E-state index is 13.4. The molecular weight excluding hydrogens is 1910 g/mol. The predicted molar refractivity (Wildman–Crippen MR) is 579 cm³/mol. The number of aromatic nitrogens is 10. The highest BCUT2D eigenvalue weighted by Crippen LogP contribution is 2.40. The van der Waals surface area contributed by atoms with Crippen LogP contribution in [0.2, 0.25) is 5.15 Å². The summed E-state index contributed by atoms with van der Waals surface area (Å²) in [6, 6.07) is 89.1. The van der Waals surface area contributed by atoms with Crippen LogP contribution in [0.5, 0.6) is 5.75 Å².